The van der Waals surface area contributed by atoms with E-state index >= 15 is 0 Å². The van der Waals surface area contributed by atoms with Gasteiger partial charge in [0.2, 0.25) is 0 Å². The molecule has 0 aliphatic rings. The molecule has 1 rings (SSSR count). The number of urea groups is 1. The minimum Gasteiger partial charge on any atom is -0.480 e. The van der Waals surface area contributed by atoms with E-state index in [2.05, 4.69) is 5.32 Å². The fraction of sp³-hybridized carbons (Fsp3) is 0.286. The van der Waals surface area contributed by atoms with E-state index in [-0.39, 0.29) is 0 Å². The summed E-state index contributed by atoms with van der Waals surface area (Å²) in [7, 11) is 0. The summed E-state index contributed by atoms with van der Waals surface area (Å²) in [6.45, 7) is 1.94. The average Bonchev–Trinajstić information content (AvgIpc) is 2.42. The number of carboxylic acid groups (broad SMARTS) is 1. The van der Waals surface area contributed by atoms with Crippen molar-refractivity contribution >= 4 is 29.3 Å². The van der Waals surface area contributed by atoms with Crippen molar-refractivity contribution in [1.29, 1.82) is 0 Å². The van der Waals surface area contributed by atoms with Crippen LogP contribution in [0.25, 0.3) is 0 Å². The number of anilines is 1. The van der Waals surface area contributed by atoms with Crippen molar-refractivity contribution in [2.45, 2.75) is 13.3 Å². The van der Waals surface area contributed by atoms with Gasteiger partial charge < -0.3 is 10.4 Å². The van der Waals surface area contributed by atoms with Gasteiger partial charge in [-0.05, 0) is 37.6 Å². The lowest BCUT2D eigenvalue weighted by Gasteiger charge is -2.21. The predicted octanol–water partition coefficient (Wildman–Crippen LogP) is 2.91. The third-order valence-corrected chi connectivity index (χ3v) is 2.75. The summed E-state index contributed by atoms with van der Waals surface area (Å²) in [6, 6.07) is 5.99. The number of hydrogen-bond donors (Lipinski definition) is 2. The number of carboxylic acids is 1. The molecule has 0 saturated carbocycles. The Morgan fingerprint density at radius 2 is 2.00 bits per heavy atom. The number of aliphatic carboxylic acids is 1. The minimum absolute atomic E-state index is 0.406. The van der Waals surface area contributed by atoms with Gasteiger partial charge in [-0.1, -0.05) is 23.8 Å². The van der Waals surface area contributed by atoms with E-state index in [1.54, 1.807) is 24.3 Å². The maximum absolute atomic E-state index is 12.0. The van der Waals surface area contributed by atoms with E-state index in [0.717, 1.165) is 4.90 Å². The van der Waals surface area contributed by atoms with Crippen molar-refractivity contribution in [2.24, 2.45) is 0 Å². The van der Waals surface area contributed by atoms with Crippen molar-refractivity contribution in [1.82, 2.24) is 5.32 Å². The van der Waals surface area contributed by atoms with E-state index in [1.165, 1.54) is 0 Å². The third kappa shape index (κ3) is 5.32. The second-order valence-electron chi connectivity index (χ2n) is 4.05. The first-order valence-electron chi connectivity index (χ1n) is 6.18. The summed E-state index contributed by atoms with van der Waals surface area (Å²) in [4.78, 5) is 24.1. The Labute approximate surface area is 122 Å². The molecule has 5 nitrogen and oxygen atoms in total. The Morgan fingerprint density at radius 3 is 2.55 bits per heavy atom. The Kier molecular flexibility index (Phi) is 6.59. The summed E-state index contributed by atoms with van der Waals surface area (Å²) in [5.41, 5.74) is 0.486. The summed E-state index contributed by atoms with van der Waals surface area (Å²) in [5, 5.41) is 12.1. The van der Waals surface area contributed by atoms with E-state index in [9.17, 15) is 9.59 Å². The molecule has 1 aromatic carbocycles. The van der Waals surface area contributed by atoms with Gasteiger partial charge in [-0.2, -0.15) is 0 Å². The normalized spacial score (nSPS) is 10.5. The Morgan fingerprint density at radius 1 is 1.35 bits per heavy atom. The van der Waals surface area contributed by atoms with Crippen LogP contribution in [-0.2, 0) is 4.79 Å². The number of benzene rings is 1. The average molecular weight is 297 g/mol. The lowest BCUT2D eigenvalue weighted by Crippen LogP contribution is -2.43. The van der Waals surface area contributed by atoms with Gasteiger partial charge in [0.05, 0.1) is 0 Å². The molecule has 20 heavy (non-hydrogen) atoms. The zero-order chi connectivity index (χ0) is 15.0. The van der Waals surface area contributed by atoms with Gasteiger partial charge >= 0.3 is 12.0 Å². The number of amides is 2. The zero-order valence-corrected chi connectivity index (χ0v) is 11.9. The molecular weight excluding hydrogens is 280 g/mol. The van der Waals surface area contributed by atoms with Crippen LogP contribution in [0.3, 0.4) is 0 Å². The highest BCUT2D eigenvalue weighted by Crippen LogP contribution is 2.18. The van der Waals surface area contributed by atoms with Gasteiger partial charge in [0, 0.05) is 17.3 Å². The predicted molar refractivity (Wildman–Crippen MR) is 79.3 cm³/mol. The van der Waals surface area contributed by atoms with Crippen LogP contribution in [0.4, 0.5) is 10.5 Å². The number of halogens is 1. The van der Waals surface area contributed by atoms with Crippen LogP contribution < -0.4 is 10.2 Å². The van der Waals surface area contributed by atoms with Crippen molar-refractivity contribution in [3.05, 3.63) is 41.4 Å². The second kappa shape index (κ2) is 8.22. The van der Waals surface area contributed by atoms with E-state index in [1.807, 2.05) is 19.1 Å². The van der Waals surface area contributed by atoms with Crippen LogP contribution in [-0.4, -0.2) is 30.2 Å². The first kappa shape index (κ1) is 16.0. The molecule has 108 valence electrons. The molecule has 2 N–H and O–H groups in total. The fourth-order valence-corrected chi connectivity index (χ4v) is 1.69. The van der Waals surface area contributed by atoms with Gasteiger partial charge in [-0.15, -0.1) is 0 Å². The molecule has 0 saturated heterocycles. The number of rotatable bonds is 6. The number of carbonyl (C=O) groups is 2. The topological polar surface area (TPSA) is 69.6 Å². The molecule has 0 radical (unpaired) electrons. The zero-order valence-electron chi connectivity index (χ0n) is 11.2. The molecule has 0 bridgehead atoms. The second-order valence-corrected chi connectivity index (χ2v) is 4.48. The number of hydrogen-bond acceptors (Lipinski definition) is 2. The summed E-state index contributed by atoms with van der Waals surface area (Å²) >= 11 is 5.78. The molecule has 0 aromatic heterocycles. The summed E-state index contributed by atoms with van der Waals surface area (Å²) < 4.78 is 0. The van der Waals surface area contributed by atoms with Crippen LogP contribution in [0.1, 0.15) is 13.3 Å². The summed E-state index contributed by atoms with van der Waals surface area (Å²) in [6.07, 6.45) is 4.51. The molecular formula is C14H17ClN2O3. The minimum atomic E-state index is -1.08. The Hall–Kier alpha value is -2.01. The van der Waals surface area contributed by atoms with Crippen molar-refractivity contribution < 1.29 is 14.7 Å². The molecule has 0 heterocycles. The van der Waals surface area contributed by atoms with Gasteiger partial charge in [0.25, 0.3) is 0 Å². The highest BCUT2D eigenvalue weighted by Gasteiger charge is 2.18. The lowest BCUT2D eigenvalue weighted by molar-refractivity contribution is -0.135. The molecule has 0 aliphatic heterocycles. The maximum Gasteiger partial charge on any atom is 0.323 e. The number of allylic oxidation sites excluding steroid dienone is 1. The first-order valence-corrected chi connectivity index (χ1v) is 6.56. The van der Waals surface area contributed by atoms with Crippen LogP contribution >= 0.6 is 11.6 Å². The molecule has 0 unspecified atom stereocenters. The van der Waals surface area contributed by atoms with Crippen molar-refractivity contribution in [2.75, 3.05) is 18.0 Å². The third-order valence-electron chi connectivity index (χ3n) is 2.50. The molecule has 0 atom stereocenters. The quantitative estimate of drug-likeness (QED) is 0.626. The van der Waals surface area contributed by atoms with E-state index in [4.69, 9.17) is 16.7 Å². The molecule has 2 amide bonds. The number of carbonyl (C=O) groups excluding carboxylic acids is 1. The Bertz CT molecular complexity index is 486. The van der Waals surface area contributed by atoms with Crippen LogP contribution in [0.5, 0.6) is 0 Å². The fourth-order valence-electron chi connectivity index (χ4n) is 1.56. The molecule has 0 spiro atoms. The lowest BCUT2D eigenvalue weighted by atomic mass is 10.3. The molecule has 0 aliphatic carbocycles. The maximum atomic E-state index is 12.0. The molecule has 1 aromatic rings. The summed E-state index contributed by atoms with van der Waals surface area (Å²) in [5.74, 6) is -1.08. The van der Waals surface area contributed by atoms with E-state index < -0.39 is 18.5 Å². The number of nitrogens with one attached hydrogen (secondary N) is 1. The van der Waals surface area contributed by atoms with E-state index in [0.29, 0.717) is 23.7 Å². The SMILES string of the molecule is C/C=C/CCNC(=O)N(CC(=O)O)c1ccc(Cl)cc1. The standard InChI is InChI=1S/C14H17ClN2O3/c1-2-3-4-9-16-14(20)17(10-13(18)19)12-7-5-11(15)6-8-12/h2-3,5-8H,4,9-10H2,1H3,(H,16,20)(H,18,19)/b3-2+. The highest BCUT2D eigenvalue weighted by atomic mass is 35.5. The van der Waals surface area contributed by atoms with Crippen LogP contribution in [0.2, 0.25) is 5.02 Å². The largest absolute Gasteiger partial charge is 0.480 e. The first-order chi connectivity index (χ1) is 9.54. The van der Waals surface area contributed by atoms with Gasteiger partial charge in [-0.25, -0.2) is 4.79 Å². The smallest absolute Gasteiger partial charge is 0.323 e. The molecule has 0 fully saturated rings. The van der Waals surface area contributed by atoms with Gasteiger partial charge in [-0.3, -0.25) is 9.69 Å². The highest BCUT2D eigenvalue weighted by molar-refractivity contribution is 6.30. The van der Waals surface area contributed by atoms with Crippen LogP contribution in [0, 0.1) is 0 Å². The number of nitrogens with zero attached hydrogens (tertiary/aromatic N) is 1. The molecule has 6 heteroatoms. The van der Waals surface area contributed by atoms with Crippen molar-refractivity contribution in [3.63, 3.8) is 0 Å². The monoisotopic (exact) mass is 296 g/mol. The van der Waals surface area contributed by atoms with Crippen LogP contribution in [0.15, 0.2) is 36.4 Å². The van der Waals surface area contributed by atoms with Gasteiger partial charge in [0.1, 0.15) is 6.54 Å². The Balaban J connectivity index is 2.75. The van der Waals surface area contributed by atoms with Gasteiger partial charge in [0.15, 0.2) is 0 Å². The van der Waals surface area contributed by atoms with Crippen molar-refractivity contribution in [3.8, 4) is 0 Å².